The van der Waals surface area contributed by atoms with Gasteiger partial charge in [-0.1, -0.05) is 52.5 Å². The van der Waals surface area contributed by atoms with Crippen LogP contribution in [0.4, 0.5) is 15.9 Å². The summed E-state index contributed by atoms with van der Waals surface area (Å²) in [4.78, 5) is 12.2. The number of unbranched alkanes of at least 4 members (excludes halogenated alkanes) is 1. The van der Waals surface area contributed by atoms with Gasteiger partial charge in [0.05, 0.1) is 11.3 Å². The molecule has 2 aromatic rings. The van der Waals surface area contributed by atoms with Crippen LogP contribution in [0.3, 0.4) is 0 Å². The van der Waals surface area contributed by atoms with Crippen molar-refractivity contribution >= 4 is 11.5 Å². The lowest BCUT2D eigenvalue weighted by atomic mass is 9.91. The Balaban J connectivity index is 0.000000337. The number of nitrogen functional groups attached to an aromatic ring is 1. The predicted octanol–water partition coefficient (Wildman–Crippen LogP) is 7.56. The minimum Gasteiger partial charge on any atom is -0.398 e. The second-order valence-corrected chi connectivity index (χ2v) is 13.0. The molecule has 2 saturated heterocycles. The quantitative estimate of drug-likeness (QED) is 0.268. The average molecular weight is 577 g/mol. The largest absolute Gasteiger partial charge is 0.398 e. The van der Waals surface area contributed by atoms with E-state index in [0.717, 1.165) is 86.9 Å². The summed E-state index contributed by atoms with van der Waals surface area (Å²) in [5.74, 6) is 2.61. The van der Waals surface area contributed by atoms with E-state index in [-0.39, 0.29) is 5.54 Å². The van der Waals surface area contributed by atoms with E-state index in [1.807, 2.05) is 6.07 Å². The van der Waals surface area contributed by atoms with Crippen LogP contribution in [0.5, 0.6) is 0 Å². The first-order valence-electron chi connectivity index (χ1n) is 16.6. The van der Waals surface area contributed by atoms with Crippen molar-refractivity contribution in [3.63, 3.8) is 0 Å². The molecule has 0 amide bonds. The highest BCUT2D eigenvalue weighted by molar-refractivity contribution is 5.62. The van der Waals surface area contributed by atoms with Crippen LogP contribution in [0.1, 0.15) is 126 Å². The number of anilines is 2. The Morgan fingerprint density at radius 3 is 2.55 bits per heavy atom. The van der Waals surface area contributed by atoms with Crippen LogP contribution in [0.25, 0.3) is 0 Å². The minimum absolute atomic E-state index is 0.236. The normalized spacial score (nSPS) is 22.0. The summed E-state index contributed by atoms with van der Waals surface area (Å²) in [7, 11) is 0. The molecule has 7 heteroatoms. The lowest BCUT2D eigenvalue weighted by Gasteiger charge is -2.25. The first kappa shape index (κ1) is 32.2. The topological polar surface area (TPSA) is 90.9 Å². The molecule has 0 bridgehead atoms. The van der Waals surface area contributed by atoms with Gasteiger partial charge in [0.15, 0.2) is 0 Å². The molecule has 0 radical (unpaired) electrons. The molecule has 1 aliphatic carbocycles. The number of nitrogens with two attached hydrogens (primary N) is 1. The van der Waals surface area contributed by atoms with Gasteiger partial charge in [-0.25, -0.2) is 14.4 Å². The smallest absolute Gasteiger partial charge is 0.133 e. The van der Waals surface area contributed by atoms with Gasteiger partial charge in [0.1, 0.15) is 23.9 Å². The first-order chi connectivity index (χ1) is 20.3. The Hall–Kier alpha value is -2.72. The number of rotatable bonds is 11. The fraction of sp³-hybridized carbons (Fsp3) is 0.686. The molecule has 6 nitrogen and oxygen atoms in total. The molecule has 0 spiro atoms. The molecular weight excluding hydrogens is 523 g/mol. The van der Waals surface area contributed by atoms with Crippen LogP contribution in [0, 0.1) is 17.2 Å². The maximum atomic E-state index is 12.8. The van der Waals surface area contributed by atoms with Crippen molar-refractivity contribution < 1.29 is 4.39 Å². The summed E-state index contributed by atoms with van der Waals surface area (Å²) < 4.78 is 12.8. The molecule has 3 heterocycles. The molecule has 3 fully saturated rings. The summed E-state index contributed by atoms with van der Waals surface area (Å²) in [5, 5.41) is 13.6. The fourth-order valence-corrected chi connectivity index (χ4v) is 7.21. The van der Waals surface area contributed by atoms with Gasteiger partial charge >= 0.3 is 0 Å². The lowest BCUT2D eigenvalue weighted by molar-refractivity contribution is 0.217. The highest BCUT2D eigenvalue weighted by Crippen LogP contribution is 2.39. The van der Waals surface area contributed by atoms with Gasteiger partial charge in [0.2, 0.25) is 0 Å². The summed E-state index contributed by atoms with van der Waals surface area (Å²) in [6, 6.07) is 6.35. The second kappa shape index (κ2) is 15.1. The number of benzene rings is 1. The zero-order chi connectivity index (χ0) is 30.1. The van der Waals surface area contributed by atoms with Crippen LogP contribution < -0.4 is 11.1 Å². The van der Waals surface area contributed by atoms with Gasteiger partial charge in [0, 0.05) is 42.7 Å². The monoisotopic (exact) mass is 576 g/mol. The van der Waals surface area contributed by atoms with Crippen molar-refractivity contribution in [1.82, 2.24) is 14.9 Å². The molecule has 42 heavy (non-hydrogen) atoms. The number of halogens is 1. The van der Waals surface area contributed by atoms with Crippen molar-refractivity contribution in [2.75, 3.05) is 30.7 Å². The molecule has 3 N–H and O–H groups in total. The van der Waals surface area contributed by atoms with Gasteiger partial charge in [-0.15, -0.1) is 0 Å². The van der Waals surface area contributed by atoms with Crippen LogP contribution >= 0.6 is 0 Å². The number of hydrogen-bond acceptors (Lipinski definition) is 6. The van der Waals surface area contributed by atoms with Crippen LogP contribution in [0.15, 0.2) is 12.1 Å². The molecule has 230 valence electrons. The molecule has 2 aliphatic heterocycles. The molecule has 2 unspecified atom stereocenters. The van der Waals surface area contributed by atoms with Crippen molar-refractivity contribution in [2.24, 2.45) is 5.92 Å². The number of nitrogens with zero attached hydrogens (tertiary/aromatic N) is 4. The number of alkyl halides is 1. The Labute approximate surface area is 253 Å². The second-order valence-electron chi connectivity index (χ2n) is 13.0. The van der Waals surface area contributed by atoms with Gasteiger partial charge in [-0.05, 0) is 87.9 Å². The number of fused-ring (bicyclic) bond motifs is 1. The molecule has 1 aromatic carbocycles. The molecule has 1 aromatic heterocycles. The molecule has 2 atom stereocenters. The van der Waals surface area contributed by atoms with Crippen molar-refractivity contribution in [3.8, 4) is 6.07 Å². The predicted molar refractivity (Wildman–Crippen MR) is 172 cm³/mol. The molecule has 3 aliphatic rings. The van der Waals surface area contributed by atoms with Crippen molar-refractivity contribution in [2.45, 2.75) is 129 Å². The third-order valence-electron chi connectivity index (χ3n) is 9.67. The number of hydrogen-bond donors (Lipinski definition) is 2. The summed E-state index contributed by atoms with van der Waals surface area (Å²) >= 11 is 0. The average Bonchev–Trinajstić information content (AvgIpc) is 3.69. The van der Waals surface area contributed by atoms with E-state index in [1.165, 1.54) is 49.7 Å². The van der Waals surface area contributed by atoms with Gasteiger partial charge in [0.25, 0.3) is 0 Å². The Morgan fingerprint density at radius 1 is 1.10 bits per heavy atom. The number of aromatic nitrogens is 2. The third-order valence-corrected chi connectivity index (χ3v) is 9.67. The zero-order valence-electron chi connectivity index (χ0n) is 26.6. The highest BCUT2D eigenvalue weighted by Gasteiger charge is 2.44. The van der Waals surface area contributed by atoms with Crippen LogP contribution in [0.2, 0.25) is 0 Å². The Morgan fingerprint density at radius 2 is 1.88 bits per heavy atom. The highest BCUT2D eigenvalue weighted by atomic mass is 19.1. The number of aryl methyl sites for hydroxylation is 2. The molecular formula is C35H53FN6. The van der Waals surface area contributed by atoms with Crippen molar-refractivity contribution in [3.05, 3.63) is 45.9 Å². The first-order valence-corrected chi connectivity index (χ1v) is 16.6. The summed E-state index contributed by atoms with van der Waals surface area (Å²) in [6.07, 6.45) is 14.6. The van der Waals surface area contributed by atoms with E-state index >= 15 is 0 Å². The Kier molecular flexibility index (Phi) is 11.6. The standard InChI is InChI=1S/C27H39N5.C8H14FN/c1-4-7-13-20-14-15-24(29)23(17-28)22(20)16-25-21(10-5-2)27(32-26(6-3)31-25)30-18-19-11-8-9-12-19;1-8-3-2-4-10(8)6-7(9)5-8/h14-15,19H,4-13,16,18,29H2,1-3H3,(H,30,31,32);7H,2-6H2,1H3. The van der Waals surface area contributed by atoms with Gasteiger partial charge < -0.3 is 11.1 Å². The third kappa shape index (κ3) is 7.81. The van der Waals surface area contributed by atoms with E-state index < -0.39 is 6.17 Å². The fourth-order valence-electron chi connectivity index (χ4n) is 7.21. The Bertz CT molecular complexity index is 1220. The van der Waals surface area contributed by atoms with Gasteiger partial charge in [-0.2, -0.15) is 5.26 Å². The maximum absolute atomic E-state index is 12.8. The van der Waals surface area contributed by atoms with Crippen molar-refractivity contribution in [1.29, 1.82) is 5.26 Å². The van der Waals surface area contributed by atoms with E-state index in [9.17, 15) is 9.65 Å². The molecule has 1 saturated carbocycles. The summed E-state index contributed by atoms with van der Waals surface area (Å²) in [6.45, 7) is 11.5. The maximum Gasteiger partial charge on any atom is 0.133 e. The molecule has 5 rings (SSSR count). The van der Waals surface area contributed by atoms with E-state index in [0.29, 0.717) is 24.2 Å². The zero-order valence-corrected chi connectivity index (χ0v) is 26.6. The summed E-state index contributed by atoms with van der Waals surface area (Å²) in [5.41, 5.74) is 12.1. The van der Waals surface area contributed by atoms with Gasteiger partial charge in [-0.3, -0.25) is 4.90 Å². The number of nitrogens with one attached hydrogen (secondary N) is 1. The van der Waals surface area contributed by atoms with Crippen LogP contribution in [-0.2, 0) is 25.7 Å². The van der Waals surface area contributed by atoms with E-state index in [4.69, 9.17) is 15.7 Å². The SMILES string of the molecule is CC12CCCN1CC(F)C2.CCCCc1ccc(N)c(C#N)c1Cc1nc(CC)nc(NCC2CCCC2)c1CCC. The van der Waals surface area contributed by atoms with Crippen LogP contribution in [-0.4, -0.2) is 46.2 Å². The minimum atomic E-state index is -0.551. The van der Waals surface area contributed by atoms with E-state index in [2.05, 4.69) is 50.0 Å². The van der Waals surface area contributed by atoms with E-state index in [1.54, 1.807) is 0 Å². The number of nitriles is 1. The lowest BCUT2D eigenvalue weighted by Crippen LogP contribution is -2.34.